The number of carbonyl (C=O) groups is 1. The highest BCUT2D eigenvalue weighted by Crippen LogP contribution is 2.47. The number of aromatic hydroxyl groups is 2. The highest BCUT2D eigenvalue weighted by Gasteiger charge is 2.32. The van der Waals surface area contributed by atoms with Crippen LogP contribution in [0.1, 0.15) is 94.8 Å². The molecule has 4 nitrogen and oxygen atoms in total. The Labute approximate surface area is 193 Å². The van der Waals surface area contributed by atoms with Crippen LogP contribution in [0.25, 0.3) is 6.08 Å². The van der Waals surface area contributed by atoms with E-state index in [0.29, 0.717) is 23.5 Å². The highest BCUT2D eigenvalue weighted by atomic mass is 16.5. The fourth-order valence-corrected chi connectivity index (χ4v) is 3.47. The van der Waals surface area contributed by atoms with Gasteiger partial charge >= 0.3 is 0 Å². The van der Waals surface area contributed by atoms with Crippen LogP contribution in [-0.2, 0) is 10.8 Å². The summed E-state index contributed by atoms with van der Waals surface area (Å²) >= 11 is 0. The minimum atomic E-state index is -0.241. The molecular formula is C28H38O4. The van der Waals surface area contributed by atoms with Crippen LogP contribution in [0.3, 0.4) is 0 Å². The summed E-state index contributed by atoms with van der Waals surface area (Å²) in [5.41, 5.74) is 2.50. The van der Waals surface area contributed by atoms with Gasteiger partial charge in [0.15, 0.2) is 5.78 Å². The number of carbonyl (C=O) groups excluding carboxylic acids is 1. The van der Waals surface area contributed by atoms with Crippen molar-refractivity contribution in [2.75, 3.05) is 6.61 Å². The zero-order valence-corrected chi connectivity index (χ0v) is 20.6. The molecule has 174 valence electrons. The first kappa shape index (κ1) is 25.5. The SMILES string of the molecule is CCCOc1c(C(C)(C)CC)cc(C(C)(C)CC)c(O)c1C=CC(=O)c1ccc(O)cc1. The Balaban J connectivity index is 2.73. The van der Waals surface area contributed by atoms with E-state index in [1.54, 1.807) is 18.2 Å². The number of hydrogen-bond acceptors (Lipinski definition) is 4. The Morgan fingerprint density at radius 2 is 1.50 bits per heavy atom. The van der Waals surface area contributed by atoms with Gasteiger partial charge in [-0.15, -0.1) is 0 Å². The van der Waals surface area contributed by atoms with E-state index in [4.69, 9.17) is 4.74 Å². The molecule has 0 radical (unpaired) electrons. The second kappa shape index (κ2) is 10.2. The van der Waals surface area contributed by atoms with E-state index >= 15 is 0 Å². The number of benzene rings is 2. The van der Waals surface area contributed by atoms with Gasteiger partial charge in [-0.05, 0) is 72.6 Å². The lowest BCUT2D eigenvalue weighted by atomic mass is 9.74. The van der Waals surface area contributed by atoms with Gasteiger partial charge in [0.05, 0.1) is 12.2 Å². The molecule has 0 amide bonds. The molecule has 0 spiro atoms. The van der Waals surface area contributed by atoms with Gasteiger partial charge in [0.1, 0.15) is 17.2 Å². The number of ether oxygens (including phenoxy) is 1. The molecule has 0 aliphatic carbocycles. The van der Waals surface area contributed by atoms with Crippen LogP contribution in [0.5, 0.6) is 17.2 Å². The molecule has 0 bridgehead atoms. The van der Waals surface area contributed by atoms with Gasteiger partial charge in [-0.25, -0.2) is 0 Å². The van der Waals surface area contributed by atoms with Crippen LogP contribution in [0.2, 0.25) is 0 Å². The Bertz CT molecular complexity index is 966. The Morgan fingerprint density at radius 3 is 2.03 bits per heavy atom. The first-order valence-corrected chi connectivity index (χ1v) is 11.5. The normalized spacial score (nSPS) is 12.3. The summed E-state index contributed by atoms with van der Waals surface area (Å²) in [5.74, 6) is 0.705. The second-order valence-electron chi connectivity index (χ2n) is 9.63. The zero-order chi connectivity index (χ0) is 24.1. The molecule has 0 aromatic heterocycles. The molecule has 0 atom stereocenters. The predicted molar refractivity (Wildman–Crippen MR) is 132 cm³/mol. The summed E-state index contributed by atoms with van der Waals surface area (Å²) in [6, 6.07) is 8.23. The number of phenols is 2. The standard InChI is InChI=1S/C28H38O4/c1-8-17-32-26-21(15-16-24(30)19-11-13-20(29)14-12-19)25(31)22(27(4,5)9-2)18-23(26)28(6,7)10-3/h11-16,18,29,31H,8-10,17H2,1-7H3. The van der Waals surface area contributed by atoms with Crippen molar-refractivity contribution in [2.24, 2.45) is 0 Å². The summed E-state index contributed by atoms with van der Waals surface area (Å²) in [5, 5.41) is 20.8. The van der Waals surface area contributed by atoms with E-state index in [-0.39, 0.29) is 28.1 Å². The van der Waals surface area contributed by atoms with Crippen molar-refractivity contribution in [3.8, 4) is 17.2 Å². The van der Waals surface area contributed by atoms with E-state index < -0.39 is 0 Å². The van der Waals surface area contributed by atoms with Crippen LogP contribution in [0, 0.1) is 0 Å². The Kier molecular flexibility index (Phi) is 8.17. The van der Waals surface area contributed by atoms with Gasteiger partial charge in [0.25, 0.3) is 0 Å². The zero-order valence-electron chi connectivity index (χ0n) is 20.6. The first-order valence-electron chi connectivity index (χ1n) is 11.5. The topological polar surface area (TPSA) is 66.8 Å². The number of hydrogen-bond donors (Lipinski definition) is 2. The smallest absolute Gasteiger partial charge is 0.185 e. The molecule has 2 aromatic carbocycles. The molecule has 2 rings (SSSR count). The number of rotatable bonds is 10. The number of ketones is 1. The van der Waals surface area contributed by atoms with Crippen LogP contribution >= 0.6 is 0 Å². The van der Waals surface area contributed by atoms with Crippen molar-refractivity contribution in [1.82, 2.24) is 0 Å². The van der Waals surface area contributed by atoms with Crippen molar-refractivity contribution in [3.05, 3.63) is 58.7 Å². The average Bonchev–Trinajstić information content (AvgIpc) is 2.76. The lowest BCUT2D eigenvalue weighted by Crippen LogP contribution is -2.22. The van der Waals surface area contributed by atoms with Crippen molar-refractivity contribution >= 4 is 11.9 Å². The van der Waals surface area contributed by atoms with Crippen molar-refractivity contribution < 1.29 is 19.7 Å². The van der Waals surface area contributed by atoms with Gasteiger partial charge in [-0.3, -0.25) is 4.79 Å². The van der Waals surface area contributed by atoms with Crippen LogP contribution in [-0.4, -0.2) is 22.6 Å². The van der Waals surface area contributed by atoms with Gasteiger partial charge in [-0.2, -0.15) is 0 Å². The van der Waals surface area contributed by atoms with Crippen LogP contribution in [0.4, 0.5) is 0 Å². The summed E-state index contributed by atoms with van der Waals surface area (Å²) in [6.45, 7) is 15.4. The summed E-state index contributed by atoms with van der Waals surface area (Å²) in [7, 11) is 0. The molecule has 0 saturated carbocycles. The lowest BCUT2D eigenvalue weighted by molar-refractivity contribution is 0.104. The predicted octanol–water partition coefficient (Wildman–Crippen LogP) is 7.16. The summed E-state index contributed by atoms with van der Waals surface area (Å²) < 4.78 is 6.19. The van der Waals surface area contributed by atoms with Gasteiger partial charge in [0.2, 0.25) is 0 Å². The third-order valence-electron chi connectivity index (χ3n) is 6.52. The second-order valence-corrected chi connectivity index (χ2v) is 9.63. The van der Waals surface area contributed by atoms with Crippen molar-refractivity contribution in [1.29, 1.82) is 0 Å². The molecule has 0 aliphatic rings. The molecule has 0 fully saturated rings. The summed E-state index contributed by atoms with van der Waals surface area (Å²) in [4.78, 5) is 12.8. The van der Waals surface area contributed by atoms with Gasteiger partial charge < -0.3 is 14.9 Å². The highest BCUT2D eigenvalue weighted by molar-refractivity contribution is 6.07. The van der Waals surface area contributed by atoms with Crippen LogP contribution in [0.15, 0.2) is 36.4 Å². The van der Waals surface area contributed by atoms with E-state index in [9.17, 15) is 15.0 Å². The molecule has 0 saturated heterocycles. The van der Waals surface area contributed by atoms with E-state index in [0.717, 1.165) is 30.4 Å². The summed E-state index contributed by atoms with van der Waals surface area (Å²) in [6.07, 6.45) is 5.73. The van der Waals surface area contributed by atoms with Crippen molar-refractivity contribution in [2.45, 2.75) is 78.6 Å². The quantitative estimate of drug-likeness (QED) is 0.305. The number of allylic oxidation sites excluding steroid dienone is 1. The maximum atomic E-state index is 12.8. The van der Waals surface area contributed by atoms with E-state index in [1.807, 2.05) is 6.92 Å². The lowest BCUT2D eigenvalue weighted by Gasteiger charge is -2.32. The Morgan fingerprint density at radius 1 is 0.938 bits per heavy atom. The van der Waals surface area contributed by atoms with Crippen molar-refractivity contribution in [3.63, 3.8) is 0 Å². The van der Waals surface area contributed by atoms with E-state index in [1.165, 1.54) is 18.2 Å². The minimum Gasteiger partial charge on any atom is -0.508 e. The molecular weight excluding hydrogens is 400 g/mol. The maximum absolute atomic E-state index is 12.8. The third kappa shape index (κ3) is 5.53. The maximum Gasteiger partial charge on any atom is 0.185 e. The Hall–Kier alpha value is -2.75. The van der Waals surface area contributed by atoms with E-state index in [2.05, 4.69) is 47.6 Å². The molecule has 32 heavy (non-hydrogen) atoms. The van der Waals surface area contributed by atoms with Gasteiger partial charge in [0, 0.05) is 16.7 Å². The monoisotopic (exact) mass is 438 g/mol. The largest absolute Gasteiger partial charge is 0.508 e. The fraction of sp³-hybridized carbons (Fsp3) is 0.464. The minimum absolute atomic E-state index is 0.111. The van der Waals surface area contributed by atoms with Crippen LogP contribution < -0.4 is 4.74 Å². The average molecular weight is 439 g/mol. The molecule has 0 unspecified atom stereocenters. The fourth-order valence-electron chi connectivity index (χ4n) is 3.47. The molecule has 2 N–H and O–H groups in total. The van der Waals surface area contributed by atoms with Gasteiger partial charge in [-0.1, -0.05) is 48.5 Å². The number of phenolic OH excluding ortho intramolecular Hbond substituents is 2. The molecule has 4 heteroatoms. The molecule has 0 heterocycles. The molecule has 0 aliphatic heterocycles. The third-order valence-corrected chi connectivity index (χ3v) is 6.52. The first-order chi connectivity index (χ1) is 15.0. The molecule has 2 aromatic rings.